The predicted molar refractivity (Wildman–Crippen MR) is 112 cm³/mol. The van der Waals surface area contributed by atoms with Crippen LogP contribution < -0.4 is 11.1 Å². The fourth-order valence-electron chi connectivity index (χ4n) is 2.89. The molecule has 1 fully saturated rings. The minimum atomic E-state index is -4.60. The number of alkyl halides is 3. The van der Waals surface area contributed by atoms with Gasteiger partial charge in [0.1, 0.15) is 0 Å². The Balaban J connectivity index is 1.88. The minimum absolute atomic E-state index is 0.0941. The maximum absolute atomic E-state index is 13.4. The molecule has 3 N–H and O–H groups in total. The average molecular weight is 430 g/mol. The van der Waals surface area contributed by atoms with Gasteiger partial charge in [-0.15, -0.1) is 0 Å². The Morgan fingerprint density at radius 1 is 1.26 bits per heavy atom. The van der Waals surface area contributed by atoms with Gasteiger partial charge in [0, 0.05) is 18.0 Å². The van der Waals surface area contributed by atoms with Crippen molar-refractivity contribution in [2.75, 3.05) is 0 Å². The number of nitrogens with one attached hydrogen (secondary N) is 1. The highest BCUT2D eigenvalue weighted by atomic mass is 19.4. The van der Waals surface area contributed by atoms with E-state index in [2.05, 4.69) is 31.8 Å². The van der Waals surface area contributed by atoms with Crippen molar-refractivity contribution in [1.82, 2.24) is 15.3 Å². The lowest BCUT2D eigenvalue weighted by molar-refractivity contribution is -0.137. The lowest BCUT2D eigenvalue weighted by atomic mass is 9.97. The van der Waals surface area contributed by atoms with Crippen LogP contribution in [0.2, 0.25) is 0 Å². The quantitative estimate of drug-likeness (QED) is 0.538. The number of allylic oxidation sites excluding steroid dienone is 1. The highest BCUT2D eigenvalue weighted by Gasteiger charge is 2.33. The second-order valence-corrected chi connectivity index (χ2v) is 7.09. The van der Waals surface area contributed by atoms with Crippen LogP contribution in [0.3, 0.4) is 0 Å². The standard InChI is InChI=1S/C21H21F3N6O/c1-12(14-4-5-14)15-8-16(10-17(9-15)21(22,23)24)19(31)29-13(2)18(28-11-25)30-20-26-6-3-7-27-20/h3,6-11,13-14H,1,4-5H2,2H3,(H,29,31)(H2,25,26,27,28,30). The van der Waals surface area contributed by atoms with Crippen LogP contribution in [-0.2, 0) is 6.18 Å². The molecule has 3 rings (SSSR count). The van der Waals surface area contributed by atoms with Gasteiger partial charge in [0.25, 0.3) is 11.9 Å². The van der Waals surface area contributed by atoms with Gasteiger partial charge in [-0.25, -0.2) is 15.0 Å². The molecule has 1 unspecified atom stereocenters. The summed E-state index contributed by atoms with van der Waals surface area (Å²) < 4.78 is 40.2. The van der Waals surface area contributed by atoms with E-state index in [0.29, 0.717) is 11.1 Å². The summed E-state index contributed by atoms with van der Waals surface area (Å²) in [6.07, 6.45) is 1.12. The molecule has 1 aromatic carbocycles. The molecule has 1 heterocycles. The number of amidine groups is 1. The number of carbonyl (C=O) groups is 1. The van der Waals surface area contributed by atoms with Crippen LogP contribution in [0.4, 0.5) is 19.1 Å². The third-order valence-corrected chi connectivity index (χ3v) is 4.67. The first-order valence-corrected chi connectivity index (χ1v) is 9.51. The van der Waals surface area contributed by atoms with Gasteiger partial charge >= 0.3 is 6.18 Å². The van der Waals surface area contributed by atoms with Gasteiger partial charge in [0.2, 0.25) is 0 Å². The Morgan fingerprint density at radius 3 is 2.48 bits per heavy atom. The molecule has 10 heteroatoms. The fourth-order valence-corrected chi connectivity index (χ4v) is 2.89. The number of carbonyl (C=O) groups excluding carboxylic acids is 1. The van der Waals surface area contributed by atoms with Gasteiger partial charge in [-0.05, 0) is 61.1 Å². The van der Waals surface area contributed by atoms with Crippen molar-refractivity contribution in [3.8, 4) is 0 Å². The Morgan fingerprint density at radius 2 is 1.90 bits per heavy atom. The minimum Gasteiger partial charge on any atom is -0.390 e. The Labute approximate surface area is 177 Å². The molecule has 1 aliphatic rings. The van der Waals surface area contributed by atoms with E-state index in [1.165, 1.54) is 18.5 Å². The van der Waals surface area contributed by atoms with Crippen molar-refractivity contribution in [2.24, 2.45) is 21.6 Å². The molecule has 7 nitrogen and oxygen atoms in total. The molecule has 0 radical (unpaired) electrons. The van der Waals surface area contributed by atoms with E-state index >= 15 is 0 Å². The summed E-state index contributed by atoms with van der Waals surface area (Å²) in [5.41, 5.74) is 5.23. The molecule has 1 aliphatic carbocycles. The van der Waals surface area contributed by atoms with Crippen LogP contribution >= 0.6 is 0 Å². The SMILES string of the molecule is C=C(c1cc(C(=O)NC(C)C(N=CN)=Nc2ncccn2)cc(C(F)(F)F)c1)C1CC1. The average Bonchev–Trinajstić information content (AvgIpc) is 3.58. The first kappa shape index (κ1) is 22.1. The normalized spacial score (nSPS) is 15.7. The number of aromatic nitrogens is 2. The molecule has 1 amide bonds. The van der Waals surface area contributed by atoms with Crippen LogP contribution in [0.5, 0.6) is 0 Å². The number of aliphatic imine (C=N–C) groups is 2. The highest BCUT2D eigenvalue weighted by Crippen LogP contribution is 2.42. The van der Waals surface area contributed by atoms with E-state index in [0.717, 1.165) is 31.3 Å². The summed E-state index contributed by atoms with van der Waals surface area (Å²) in [5.74, 6) is -0.359. The molecule has 162 valence electrons. The number of hydrogen-bond acceptors (Lipinski definition) is 4. The summed E-state index contributed by atoms with van der Waals surface area (Å²) in [6.45, 7) is 5.48. The molecule has 0 bridgehead atoms. The molecule has 1 atom stereocenters. The molecule has 0 aliphatic heterocycles. The van der Waals surface area contributed by atoms with Gasteiger partial charge in [-0.3, -0.25) is 4.79 Å². The number of amides is 1. The Kier molecular flexibility index (Phi) is 6.47. The number of benzene rings is 1. The summed E-state index contributed by atoms with van der Waals surface area (Å²) in [5, 5.41) is 2.60. The zero-order valence-electron chi connectivity index (χ0n) is 16.7. The van der Waals surface area contributed by atoms with E-state index in [-0.39, 0.29) is 23.3 Å². The lowest BCUT2D eigenvalue weighted by Gasteiger charge is -2.16. The first-order chi connectivity index (χ1) is 14.7. The van der Waals surface area contributed by atoms with E-state index in [1.54, 1.807) is 13.0 Å². The largest absolute Gasteiger partial charge is 0.416 e. The van der Waals surface area contributed by atoms with Gasteiger partial charge in [0.15, 0.2) is 5.84 Å². The van der Waals surface area contributed by atoms with Crippen LogP contribution in [0, 0.1) is 5.92 Å². The van der Waals surface area contributed by atoms with Crippen LogP contribution in [0.1, 0.15) is 41.3 Å². The van der Waals surface area contributed by atoms with Gasteiger partial charge < -0.3 is 11.1 Å². The van der Waals surface area contributed by atoms with Crippen LogP contribution in [0.25, 0.3) is 5.57 Å². The number of nitrogens with two attached hydrogens (primary N) is 1. The number of nitrogens with zero attached hydrogens (tertiary/aromatic N) is 4. The van der Waals surface area contributed by atoms with E-state index in [9.17, 15) is 18.0 Å². The number of halogens is 3. The van der Waals surface area contributed by atoms with Gasteiger partial charge in [-0.2, -0.15) is 18.2 Å². The summed E-state index contributed by atoms with van der Waals surface area (Å²) in [6, 6.07) is 4.09. The van der Waals surface area contributed by atoms with Crippen LogP contribution in [-0.4, -0.2) is 34.1 Å². The second kappa shape index (κ2) is 9.07. The maximum Gasteiger partial charge on any atom is 0.416 e. The van der Waals surface area contributed by atoms with Crippen molar-refractivity contribution in [3.63, 3.8) is 0 Å². The third kappa shape index (κ3) is 5.74. The predicted octanol–water partition coefficient (Wildman–Crippen LogP) is 3.75. The smallest absolute Gasteiger partial charge is 0.390 e. The monoisotopic (exact) mass is 430 g/mol. The van der Waals surface area contributed by atoms with Gasteiger partial charge in [-0.1, -0.05) is 6.58 Å². The molecule has 0 saturated heterocycles. The Bertz CT molecular complexity index is 1030. The zero-order valence-corrected chi connectivity index (χ0v) is 16.7. The topological polar surface area (TPSA) is 106 Å². The zero-order chi connectivity index (χ0) is 22.6. The van der Waals surface area contributed by atoms with Crippen LogP contribution in [0.15, 0.2) is 53.2 Å². The molecular weight excluding hydrogens is 409 g/mol. The highest BCUT2D eigenvalue weighted by molar-refractivity contribution is 6.01. The summed E-state index contributed by atoms with van der Waals surface area (Å²) in [4.78, 5) is 28.7. The third-order valence-electron chi connectivity index (χ3n) is 4.67. The van der Waals surface area contributed by atoms with Crippen molar-refractivity contribution < 1.29 is 18.0 Å². The number of rotatable bonds is 6. The molecule has 2 aromatic rings. The Hall–Kier alpha value is -3.56. The van der Waals surface area contributed by atoms with Crippen molar-refractivity contribution in [1.29, 1.82) is 0 Å². The number of hydrogen-bond donors (Lipinski definition) is 2. The molecule has 1 saturated carbocycles. The fraction of sp³-hybridized carbons (Fsp3) is 0.286. The van der Waals surface area contributed by atoms with E-state index < -0.39 is 23.7 Å². The first-order valence-electron chi connectivity index (χ1n) is 9.51. The molecule has 31 heavy (non-hydrogen) atoms. The summed E-state index contributed by atoms with van der Waals surface area (Å²) in [7, 11) is 0. The molecule has 0 spiro atoms. The van der Waals surface area contributed by atoms with Gasteiger partial charge in [0.05, 0.1) is 17.9 Å². The van der Waals surface area contributed by atoms with Crippen molar-refractivity contribution >= 4 is 29.6 Å². The maximum atomic E-state index is 13.4. The molecule has 1 aromatic heterocycles. The summed E-state index contributed by atoms with van der Waals surface area (Å²) >= 11 is 0. The lowest BCUT2D eigenvalue weighted by Crippen LogP contribution is -2.38. The molecular formula is C21H21F3N6O. The van der Waals surface area contributed by atoms with Crippen molar-refractivity contribution in [2.45, 2.75) is 32.0 Å². The van der Waals surface area contributed by atoms with E-state index in [4.69, 9.17) is 5.73 Å². The van der Waals surface area contributed by atoms with Crippen molar-refractivity contribution in [3.05, 3.63) is 59.9 Å². The van der Waals surface area contributed by atoms with E-state index in [1.807, 2.05) is 0 Å². The second-order valence-electron chi connectivity index (χ2n) is 7.09.